The number of hydrogen-bond acceptors (Lipinski definition) is 2. The van der Waals surface area contributed by atoms with Crippen LogP contribution in [0.15, 0.2) is 12.1 Å². The van der Waals surface area contributed by atoms with Crippen molar-refractivity contribution in [2.75, 3.05) is 0 Å². The molecule has 1 aromatic rings. The molecule has 0 unspecified atom stereocenters. The lowest BCUT2D eigenvalue weighted by atomic mass is 9.99. The summed E-state index contributed by atoms with van der Waals surface area (Å²) >= 11 is 0. The highest BCUT2D eigenvalue weighted by Gasteiger charge is 2.08. The van der Waals surface area contributed by atoms with Crippen LogP contribution >= 0.6 is 0 Å². The van der Waals surface area contributed by atoms with Gasteiger partial charge in [-0.25, -0.2) is 0 Å². The molecule has 0 fully saturated rings. The molecule has 2 nitrogen and oxygen atoms in total. The van der Waals surface area contributed by atoms with Crippen LogP contribution in [0.1, 0.15) is 43.4 Å². The van der Waals surface area contributed by atoms with E-state index >= 15 is 0 Å². The Hall–Kier alpha value is -1.49. The van der Waals surface area contributed by atoms with E-state index in [1.807, 2.05) is 0 Å². The van der Waals surface area contributed by atoms with Crippen molar-refractivity contribution in [3.8, 4) is 11.8 Å². The number of nitrogens with zero attached hydrogens (tertiary/aromatic N) is 1. The Morgan fingerprint density at radius 3 is 1.93 bits per heavy atom. The van der Waals surface area contributed by atoms with Crippen molar-refractivity contribution in [1.29, 1.82) is 5.26 Å². The molecule has 0 saturated carbocycles. The summed E-state index contributed by atoms with van der Waals surface area (Å²) < 4.78 is 0. The molecule has 0 heterocycles. The Morgan fingerprint density at radius 2 is 1.60 bits per heavy atom. The van der Waals surface area contributed by atoms with Crippen molar-refractivity contribution in [3.05, 3.63) is 28.8 Å². The number of phenols is 1. The Kier molecular flexibility index (Phi) is 4.17. The molecular weight excluding hydrogens is 186 g/mol. The number of rotatable bonds is 4. The van der Waals surface area contributed by atoms with E-state index in [9.17, 15) is 5.11 Å². The summed E-state index contributed by atoms with van der Waals surface area (Å²) in [5.74, 6) is 0.387. The summed E-state index contributed by atoms with van der Waals surface area (Å²) in [5.41, 5.74) is 2.46. The van der Waals surface area contributed by atoms with Gasteiger partial charge in [-0.2, -0.15) is 5.26 Å². The highest BCUT2D eigenvalue weighted by molar-refractivity contribution is 5.47. The third-order valence-corrected chi connectivity index (χ3v) is 2.44. The van der Waals surface area contributed by atoms with Gasteiger partial charge in [-0.3, -0.25) is 0 Å². The standard InChI is InChI=1S/C13H17NO/c1-3-5-11-7-10(9-14)8-12(6-4-2)13(11)15/h7-8,15H,3-6H2,1-2H3. The number of phenolic OH excluding ortho intramolecular Hbond substituents is 1. The van der Waals surface area contributed by atoms with Crippen LogP contribution in [-0.2, 0) is 12.8 Å². The average Bonchev–Trinajstić information content (AvgIpc) is 2.24. The third-order valence-electron chi connectivity index (χ3n) is 2.44. The first-order valence-corrected chi connectivity index (χ1v) is 5.47. The lowest BCUT2D eigenvalue weighted by Crippen LogP contribution is -1.93. The predicted octanol–water partition coefficient (Wildman–Crippen LogP) is 3.17. The Morgan fingerprint density at radius 1 is 1.13 bits per heavy atom. The summed E-state index contributed by atoms with van der Waals surface area (Å²) in [5, 5.41) is 18.8. The molecule has 80 valence electrons. The molecular formula is C13H17NO. The van der Waals surface area contributed by atoms with E-state index in [4.69, 9.17) is 5.26 Å². The summed E-state index contributed by atoms with van der Waals surface area (Å²) in [6, 6.07) is 5.72. The maximum Gasteiger partial charge on any atom is 0.122 e. The van der Waals surface area contributed by atoms with E-state index in [0.29, 0.717) is 11.3 Å². The van der Waals surface area contributed by atoms with Gasteiger partial charge < -0.3 is 5.11 Å². The van der Waals surface area contributed by atoms with Crippen LogP contribution in [0, 0.1) is 11.3 Å². The minimum absolute atomic E-state index is 0.387. The normalized spacial score (nSPS) is 9.93. The first-order valence-electron chi connectivity index (χ1n) is 5.47. The van der Waals surface area contributed by atoms with E-state index in [-0.39, 0.29) is 0 Å². The summed E-state index contributed by atoms with van der Waals surface area (Å²) in [6.45, 7) is 4.13. The molecule has 0 bridgehead atoms. The molecule has 0 atom stereocenters. The Labute approximate surface area is 91.2 Å². The van der Waals surface area contributed by atoms with Crippen LogP contribution in [0.2, 0.25) is 0 Å². The molecule has 1 aromatic carbocycles. The van der Waals surface area contributed by atoms with Crippen molar-refractivity contribution in [2.24, 2.45) is 0 Å². The number of benzene rings is 1. The largest absolute Gasteiger partial charge is 0.507 e. The highest BCUT2D eigenvalue weighted by atomic mass is 16.3. The first kappa shape index (κ1) is 11.6. The SMILES string of the molecule is CCCc1cc(C#N)cc(CCC)c1O. The second-order valence-corrected chi connectivity index (χ2v) is 3.75. The average molecular weight is 203 g/mol. The summed E-state index contributed by atoms with van der Waals surface area (Å²) in [4.78, 5) is 0. The third kappa shape index (κ3) is 2.73. The zero-order valence-electron chi connectivity index (χ0n) is 9.38. The van der Waals surface area contributed by atoms with Gasteiger partial charge in [0, 0.05) is 0 Å². The van der Waals surface area contributed by atoms with Crippen LogP contribution in [0.4, 0.5) is 0 Å². The molecule has 0 amide bonds. The quantitative estimate of drug-likeness (QED) is 0.816. The Bertz CT molecular complexity index is 350. The molecule has 0 aliphatic heterocycles. The molecule has 1 rings (SSSR count). The van der Waals surface area contributed by atoms with Crippen LogP contribution in [0.5, 0.6) is 5.75 Å². The minimum atomic E-state index is 0.387. The highest BCUT2D eigenvalue weighted by Crippen LogP contribution is 2.26. The zero-order chi connectivity index (χ0) is 11.3. The fraction of sp³-hybridized carbons (Fsp3) is 0.462. The molecule has 0 radical (unpaired) electrons. The van der Waals surface area contributed by atoms with E-state index in [2.05, 4.69) is 19.9 Å². The van der Waals surface area contributed by atoms with Gasteiger partial charge in [0.2, 0.25) is 0 Å². The number of hydrogen-bond donors (Lipinski definition) is 1. The van der Waals surface area contributed by atoms with E-state index in [0.717, 1.165) is 36.8 Å². The van der Waals surface area contributed by atoms with Gasteiger partial charge in [0.05, 0.1) is 11.6 Å². The number of aromatic hydroxyl groups is 1. The molecule has 0 aliphatic carbocycles. The van der Waals surface area contributed by atoms with Gasteiger partial charge in [0.15, 0.2) is 0 Å². The second-order valence-electron chi connectivity index (χ2n) is 3.75. The van der Waals surface area contributed by atoms with Crippen molar-refractivity contribution < 1.29 is 5.11 Å². The van der Waals surface area contributed by atoms with Crippen LogP contribution in [0.25, 0.3) is 0 Å². The van der Waals surface area contributed by atoms with Gasteiger partial charge in [0.25, 0.3) is 0 Å². The molecule has 0 saturated heterocycles. The minimum Gasteiger partial charge on any atom is -0.507 e. The Balaban J connectivity index is 3.15. The zero-order valence-corrected chi connectivity index (χ0v) is 9.38. The monoisotopic (exact) mass is 203 g/mol. The smallest absolute Gasteiger partial charge is 0.122 e. The van der Waals surface area contributed by atoms with Gasteiger partial charge in [-0.1, -0.05) is 26.7 Å². The fourth-order valence-electron chi connectivity index (χ4n) is 1.74. The van der Waals surface area contributed by atoms with Crippen molar-refractivity contribution in [1.82, 2.24) is 0 Å². The van der Waals surface area contributed by atoms with Gasteiger partial charge in [-0.05, 0) is 36.1 Å². The molecule has 0 aliphatic rings. The van der Waals surface area contributed by atoms with Crippen molar-refractivity contribution in [2.45, 2.75) is 39.5 Å². The van der Waals surface area contributed by atoms with Gasteiger partial charge in [0.1, 0.15) is 5.75 Å². The second kappa shape index (κ2) is 5.41. The summed E-state index contributed by atoms with van der Waals surface area (Å²) in [6.07, 6.45) is 3.62. The van der Waals surface area contributed by atoms with Gasteiger partial charge in [-0.15, -0.1) is 0 Å². The molecule has 1 N–H and O–H groups in total. The van der Waals surface area contributed by atoms with E-state index in [1.165, 1.54) is 0 Å². The van der Waals surface area contributed by atoms with Crippen molar-refractivity contribution in [3.63, 3.8) is 0 Å². The van der Waals surface area contributed by atoms with Crippen molar-refractivity contribution >= 4 is 0 Å². The molecule has 15 heavy (non-hydrogen) atoms. The maximum absolute atomic E-state index is 9.96. The van der Waals surface area contributed by atoms with Crippen LogP contribution < -0.4 is 0 Å². The van der Waals surface area contributed by atoms with Crippen LogP contribution in [-0.4, -0.2) is 5.11 Å². The fourth-order valence-corrected chi connectivity index (χ4v) is 1.74. The molecule has 2 heteroatoms. The molecule has 0 spiro atoms. The number of aryl methyl sites for hydroxylation is 2. The topological polar surface area (TPSA) is 44.0 Å². The van der Waals surface area contributed by atoms with E-state index in [1.54, 1.807) is 12.1 Å². The number of nitriles is 1. The van der Waals surface area contributed by atoms with Gasteiger partial charge >= 0.3 is 0 Å². The maximum atomic E-state index is 9.96. The first-order chi connectivity index (χ1) is 7.22. The molecule has 0 aromatic heterocycles. The van der Waals surface area contributed by atoms with Crippen LogP contribution in [0.3, 0.4) is 0 Å². The lowest BCUT2D eigenvalue weighted by molar-refractivity contribution is 0.460. The van der Waals surface area contributed by atoms with E-state index < -0.39 is 0 Å². The summed E-state index contributed by atoms with van der Waals surface area (Å²) in [7, 11) is 0. The lowest BCUT2D eigenvalue weighted by Gasteiger charge is -2.09. The predicted molar refractivity (Wildman–Crippen MR) is 60.8 cm³/mol.